The maximum Gasteiger partial charge on any atom is 0.191 e. The molecule has 1 aromatic carbocycles. The van der Waals surface area contributed by atoms with Gasteiger partial charge in [0.2, 0.25) is 0 Å². The van der Waals surface area contributed by atoms with Gasteiger partial charge in [-0.1, -0.05) is 18.2 Å². The lowest BCUT2D eigenvalue weighted by Gasteiger charge is -2.20. The largest absolute Gasteiger partial charge is 0.389 e. The maximum absolute atomic E-state index is 10.1. The smallest absolute Gasteiger partial charge is 0.191 e. The molecule has 0 spiro atoms. The third-order valence-electron chi connectivity index (χ3n) is 4.82. The van der Waals surface area contributed by atoms with Gasteiger partial charge >= 0.3 is 0 Å². The van der Waals surface area contributed by atoms with E-state index in [0.29, 0.717) is 19.2 Å². The van der Waals surface area contributed by atoms with Crippen LogP contribution in [0.15, 0.2) is 35.3 Å². The van der Waals surface area contributed by atoms with Crippen LogP contribution >= 0.6 is 24.0 Å². The van der Waals surface area contributed by atoms with Crippen molar-refractivity contribution in [2.45, 2.75) is 38.3 Å². The third kappa shape index (κ3) is 7.83. The second kappa shape index (κ2) is 11.7. The summed E-state index contributed by atoms with van der Waals surface area (Å²) in [6.45, 7) is 6.35. The molecule has 1 heterocycles. The van der Waals surface area contributed by atoms with E-state index < -0.39 is 6.10 Å². The zero-order chi connectivity index (χ0) is 18.2. The molecule has 0 bridgehead atoms. The standard InChI is InChI=1S/C20H32N4O2.HI/c1-2-21-20(22-12-19(25)15-26-14-16-8-9-16)23-17-10-11-24(13-17)18-6-4-3-5-7-18;/h3-7,16-17,19,25H,2,8-15H2,1H3,(H2,21,22,23);1H. The van der Waals surface area contributed by atoms with Crippen LogP contribution in [-0.4, -0.2) is 62.6 Å². The first-order chi connectivity index (χ1) is 12.7. The minimum Gasteiger partial charge on any atom is -0.389 e. The fourth-order valence-electron chi connectivity index (χ4n) is 3.17. The van der Waals surface area contributed by atoms with Gasteiger partial charge in [-0.05, 0) is 44.2 Å². The fourth-order valence-corrected chi connectivity index (χ4v) is 3.17. The van der Waals surface area contributed by atoms with Gasteiger partial charge in [-0.2, -0.15) is 0 Å². The molecule has 0 aromatic heterocycles. The summed E-state index contributed by atoms with van der Waals surface area (Å²) in [5, 5.41) is 16.8. The Morgan fingerprint density at radius 1 is 1.30 bits per heavy atom. The van der Waals surface area contributed by atoms with Gasteiger partial charge in [-0.25, -0.2) is 0 Å². The molecule has 2 fully saturated rings. The number of hydrogen-bond acceptors (Lipinski definition) is 4. The minimum absolute atomic E-state index is 0. The highest BCUT2D eigenvalue weighted by Gasteiger charge is 2.24. The van der Waals surface area contributed by atoms with E-state index in [-0.39, 0.29) is 24.0 Å². The predicted octanol–water partition coefficient (Wildman–Crippen LogP) is 2.23. The van der Waals surface area contributed by atoms with Gasteiger partial charge < -0.3 is 25.4 Å². The van der Waals surface area contributed by atoms with E-state index in [1.807, 2.05) is 6.07 Å². The number of nitrogens with zero attached hydrogens (tertiary/aromatic N) is 2. The molecule has 2 atom stereocenters. The highest BCUT2D eigenvalue weighted by molar-refractivity contribution is 14.0. The number of aliphatic hydroxyl groups excluding tert-OH is 1. The number of ether oxygens (including phenoxy) is 1. The van der Waals surface area contributed by atoms with Crippen molar-refractivity contribution in [2.24, 2.45) is 10.9 Å². The molecule has 1 aliphatic heterocycles. The van der Waals surface area contributed by atoms with Crippen LogP contribution in [-0.2, 0) is 4.74 Å². The Morgan fingerprint density at radius 2 is 2.07 bits per heavy atom. The Labute approximate surface area is 179 Å². The number of aliphatic hydroxyl groups is 1. The summed E-state index contributed by atoms with van der Waals surface area (Å²) in [4.78, 5) is 6.92. The van der Waals surface area contributed by atoms with E-state index >= 15 is 0 Å². The second-order valence-corrected chi connectivity index (χ2v) is 7.27. The van der Waals surface area contributed by atoms with Crippen molar-refractivity contribution in [1.29, 1.82) is 0 Å². The van der Waals surface area contributed by atoms with E-state index in [1.165, 1.54) is 18.5 Å². The lowest BCUT2D eigenvalue weighted by atomic mass is 10.2. The van der Waals surface area contributed by atoms with Gasteiger partial charge in [0.25, 0.3) is 0 Å². The molecule has 7 heteroatoms. The minimum atomic E-state index is -0.548. The molecule has 2 unspecified atom stereocenters. The van der Waals surface area contributed by atoms with E-state index in [4.69, 9.17) is 4.74 Å². The number of nitrogens with one attached hydrogen (secondary N) is 2. The molecule has 152 valence electrons. The van der Waals surface area contributed by atoms with Crippen LogP contribution in [0.3, 0.4) is 0 Å². The molecule has 6 nitrogen and oxygen atoms in total. The first kappa shape index (κ1) is 22.2. The Morgan fingerprint density at radius 3 is 2.78 bits per heavy atom. The van der Waals surface area contributed by atoms with Crippen molar-refractivity contribution in [1.82, 2.24) is 10.6 Å². The van der Waals surface area contributed by atoms with Crippen LogP contribution in [0.2, 0.25) is 0 Å². The van der Waals surface area contributed by atoms with Crippen LogP contribution in [0.4, 0.5) is 5.69 Å². The van der Waals surface area contributed by atoms with E-state index in [1.54, 1.807) is 0 Å². The average Bonchev–Trinajstić information content (AvgIpc) is 3.36. The van der Waals surface area contributed by atoms with Gasteiger partial charge in [0, 0.05) is 38.0 Å². The number of hydrogen-bond donors (Lipinski definition) is 3. The summed E-state index contributed by atoms with van der Waals surface area (Å²) >= 11 is 0. The van der Waals surface area contributed by atoms with Crippen LogP contribution in [0.1, 0.15) is 26.2 Å². The number of rotatable bonds is 9. The monoisotopic (exact) mass is 488 g/mol. The number of aliphatic imine (C=N–C) groups is 1. The first-order valence-corrected chi connectivity index (χ1v) is 9.85. The SMILES string of the molecule is CCNC(=NCC(O)COCC1CC1)NC1CCN(c2ccccc2)C1.I. The number of halogens is 1. The van der Waals surface area contributed by atoms with Crippen molar-refractivity contribution in [3.05, 3.63) is 30.3 Å². The summed E-state index contributed by atoms with van der Waals surface area (Å²) in [5.41, 5.74) is 1.27. The predicted molar refractivity (Wildman–Crippen MR) is 121 cm³/mol. The zero-order valence-electron chi connectivity index (χ0n) is 16.1. The quantitative estimate of drug-likeness (QED) is 0.283. The van der Waals surface area contributed by atoms with Crippen molar-refractivity contribution in [2.75, 3.05) is 44.3 Å². The Hall–Kier alpha value is -1.06. The number of anilines is 1. The first-order valence-electron chi connectivity index (χ1n) is 9.85. The van der Waals surface area contributed by atoms with Crippen molar-refractivity contribution < 1.29 is 9.84 Å². The molecular formula is C20H33IN4O2. The molecule has 1 aromatic rings. The van der Waals surface area contributed by atoms with Gasteiger partial charge in [-0.3, -0.25) is 4.99 Å². The van der Waals surface area contributed by atoms with Gasteiger partial charge in [-0.15, -0.1) is 24.0 Å². The molecule has 0 amide bonds. The highest BCUT2D eigenvalue weighted by atomic mass is 127. The molecule has 1 aliphatic carbocycles. The van der Waals surface area contributed by atoms with Gasteiger partial charge in [0.1, 0.15) is 0 Å². The van der Waals surface area contributed by atoms with Crippen LogP contribution < -0.4 is 15.5 Å². The summed E-state index contributed by atoms with van der Waals surface area (Å²) in [5.74, 6) is 1.49. The molecule has 0 radical (unpaired) electrons. The Balaban J connectivity index is 0.00000261. The number of guanidine groups is 1. The molecule has 1 saturated carbocycles. The van der Waals surface area contributed by atoms with Gasteiger partial charge in [0.05, 0.1) is 19.3 Å². The topological polar surface area (TPSA) is 69.1 Å². The van der Waals surface area contributed by atoms with Crippen molar-refractivity contribution in [3.8, 4) is 0 Å². The average molecular weight is 488 g/mol. The Bertz CT molecular complexity index is 568. The lowest BCUT2D eigenvalue weighted by molar-refractivity contribution is 0.0368. The third-order valence-corrected chi connectivity index (χ3v) is 4.82. The molecule has 27 heavy (non-hydrogen) atoms. The summed E-state index contributed by atoms with van der Waals surface area (Å²) < 4.78 is 5.54. The second-order valence-electron chi connectivity index (χ2n) is 7.27. The lowest BCUT2D eigenvalue weighted by Crippen LogP contribution is -2.45. The zero-order valence-corrected chi connectivity index (χ0v) is 18.5. The van der Waals surface area contributed by atoms with E-state index in [0.717, 1.165) is 44.5 Å². The van der Waals surface area contributed by atoms with Crippen molar-refractivity contribution in [3.63, 3.8) is 0 Å². The van der Waals surface area contributed by atoms with E-state index in [2.05, 4.69) is 51.7 Å². The number of para-hydroxylation sites is 1. The summed E-state index contributed by atoms with van der Waals surface area (Å²) in [6, 6.07) is 10.9. The van der Waals surface area contributed by atoms with Crippen molar-refractivity contribution >= 4 is 35.6 Å². The van der Waals surface area contributed by atoms with Crippen LogP contribution in [0.5, 0.6) is 0 Å². The summed E-state index contributed by atoms with van der Waals surface area (Å²) in [6.07, 6.45) is 3.06. The maximum atomic E-state index is 10.1. The van der Waals surface area contributed by atoms with Crippen LogP contribution in [0, 0.1) is 5.92 Å². The molecule has 1 saturated heterocycles. The fraction of sp³-hybridized carbons (Fsp3) is 0.650. The highest BCUT2D eigenvalue weighted by Crippen LogP contribution is 2.28. The number of benzene rings is 1. The summed E-state index contributed by atoms with van der Waals surface area (Å²) in [7, 11) is 0. The molecular weight excluding hydrogens is 455 g/mol. The normalized spacial score (nSPS) is 20.9. The molecule has 2 aliphatic rings. The molecule has 3 rings (SSSR count). The van der Waals surface area contributed by atoms with Gasteiger partial charge in [0.15, 0.2) is 5.96 Å². The molecule has 3 N–H and O–H groups in total. The Kier molecular flexibility index (Phi) is 9.64. The van der Waals surface area contributed by atoms with E-state index in [9.17, 15) is 5.11 Å². The van der Waals surface area contributed by atoms with Crippen LogP contribution in [0.25, 0.3) is 0 Å².